The van der Waals surface area contributed by atoms with E-state index in [9.17, 15) is 9.59 Å². The average molecular weight is 293 g/mol. The highest BCUT2D eigenvalue weighted by Crippen LogP contribution is 2.25. The molecule has 114 valence electrons. The Hall–Kier alpha value is -2.24. The smallest absolute Gasteiger partial charge is 0.410 e. The van der Waals surface area contributed by atoms with Crippen molar-refractivity contribution in [1.29, 1.82) is 0 Å². The third-order valence-electron chi connectivity index (χ3n) is 3.04. The molecule has 1 N–H and O–H groups in total. The molecule has 0 fully saturated rings. The third-order valence-corrected chi connectivity index (χ3v) is 3.04. The number of furan rings is 1. The predicted molar refractivity (Wildman–Crippen MR) is 76.1 cm³/mol. The number of rotatable bonds is 2. The van der Waals surface area contributed by atoms with Gasteiger partial charge in [0.05, 0.1) is 6.26 Å². The lowest BCUT2D eigenvalue weighted by molar-refractivity contribution is 0.0270. The lowest BCUT2D eigenvalue weighted by Crippen LogP contribution is -2.39. The Morgan fingerprint density at radius 2 is 2.10 bits per heavy atom. The maximum atomic E-state index is 11.9. The summed E-state index contributed by atoms with van der Waals surface area (Å²) in [7, 11) is 0. The molecule has 0 bridgehead atoms. The molecule has 0 radical (unpaired) electrons. The number of aromatic carboxylic acids is 1. The number of carboxylic acid groups (broad SMARTS) is 1. The Morgan fingerprint density at radius 1 is 1.38 bits per heavy atom. The van der Waals surface area contributed by atoms with Gasteiger partial charge < -0.3 is 19.2 Å². The number of hydrogen-bond donors (Lipinski definition) is 1. The average Bonchev–Trinajstić information content (AvgIpc) is 2.86. The maximum Gasteiger partial charge on any atom is 0.410 e. The fourth-order valence-corrected chi connectivity index (χ4v) is 2.04. The van der Waals surface area contributed by atoms with Crippen molar-refractivity contribution in [2.75, 3.05) is 13.1 Å². The number of amides is 1. The normalized spacial score (nSPS) is 15.6. The van der Waals surface area contributed by atoms with E-state index in [1.807, 2.05) is 26.8 Å². The van der Waals surface area contributed by atoms with Gasteiger partial charge in [0.15, 0.2) is 0 Å². The molecule has 0 aliphatic carbocycles. The molecule has 2 rings (SSSR count). The molecule has 0 atom stereocenters. The second-order valence-corrected chi connectivity index (χ2v) is 5.91. The number of carboxylic acids is 1. The lowest BCUT2D eigenvalue weighted by atomic mass is 10.0. The summed E-state index contributed by atoms with van der Waals surface area (Å²) in [5.41, 5.74) is 1.21. The fraction of sp³-hybridized carbons (Fsp3) is 0.467. The van der Waals surface area contributed by atoms with Gasteiger partial charge in [-0.25, -0.2) is 9.59 Å². The van der Waals surface area contributed by atoms with E-state index in [4.69, 9.17) is 14.3 Å². The number of carbonyl (C=O) groups is 2. The monoisotopic (exact) mass is 293 g/mol. The van der Waals surface area contributed by atoms with Gasteiger partial charge in [-0.05, 0) is 38.8 Å². The van der Waals surface area contributed by atoms with Crippen LogP contribution in [0.2, 0.25) is 0 Å². The zero-order chi connectivity index (χ0) is 15.6. The van der Waals surface area contributed by atoms with Crippen LogP contribution in [0.4, 0.5) is 4.79 Å². The number of nitrogens with zero attached hydrogens (tertiary/aromatic N) is 1. The van der Waals surface area contributed by atoms with E-state index in [-0.39, 0.29) is 11.9 Å². The second kappa shape index (κ2) is 5.63. The first-order chi connectivity index (χ1) is 9.76. The van der Waals surface area contributed by atoms with Crippen LogP contribution in [-0.2, 0) is 4.74 Å². The molecule has 0 saturated carbocycles. The van der Waals surface area contributed by atoms with E-state index in [2.05, 4.69) is 0 Å². The molecule has 21 heavy (non-hydrogen) atoms. The molecule has 1 amide bonds. The number of carbonyl (C=O) groups excluding carboxylic acids is 1. The first kappa shape index (κ1) is 15.2. The minimum atomic E-state index is -1.09. The Balaban J connectivity index is 2.01. The summed E-state index contributed by atoms with van der Waals surface area (Å²) < 4.78 is 10.3. The zero-order valence-corrected chi connectivity index (χ0v) is 12.4. The zero-order valence-electron chi connectivity index (χ0n) is 12.4. The summed E-state index contributed by atoms with van der Waals surface area (Å²) in [6, 6.07) is 1.50. The predicted octanol–water partition coefficient (Wildman–Crippen LogP) is 3.00. The van der Waals surface area contributed by atoms with E-state index in [0.29, 0.717) is 19.5 Å². The molecule has 6 nitrogen and oxygen atoms in total. The van der Waals surface area contributed by atoms with Crippen molar-refractivity contribution in [1.82, 2.24) is 4.90 Å². The van der Waals surface area contributed by atoms with Crippen molar-refractivity contribution < 1.29 is 23.8 Å². The minimum Gasteiger partial charge on any atom is -0.475 e. The van der Waals surface area contributed by atoms with Crippen molar-refractivity contribution in [3.63, 3.8) is 0 Å². The van der Waals surface area contributed by atoms with Crippen LogP contribution in [0.25, 0.3) is 5.57 Å². The van der Waals surface area contributed by atoms with Crippen molar-refractivity contribution in [2.24, 2.45) is 0 Å². The van der Waals surface area contributed by atoms with Gasteiger partial charge in [-0.2, -0.15) is 0 Å². The van der Waals surface area contributed by atoms with Gasteiger partial charge in [-0.1, -0.05) is 6.08 Å². The molecule has 0 aromatic carbocycles. The molecule has 0 spiro atoms. The second-order valence-electron chi connectivity index (χ2n) is 5.91. The summed E-state index contributed by atoms with van der Waals surface area (Å²) in [5.74, 6) is -1.17. The molecule has 1 aliphatic heterocycles. The van der Waals surface area contributed by atoms with Gasteiger partial charge in [-0.3, -0.25) is 0 Å². The molecular weight excluding hydrogens is 274 g/mol. The summed E-state index contributed by atoms with van der Waals surface area (Å²) >= 11 is 0. The van der Waals surface area contributed by atoms with Gasteiger partial charge in [0.25, 0.3) is 0 Å². The molecule has 2 heterocycles. The van der Waals surface area contributed by atoms with E-state index in [1.54, 1.807) is 4.90 Å². The molecule has 1 aromatic heterocycles. The van der Waals surface area contributed by atoms with Gasteiger partial charge in [0.2, 0.25) is 5.76 Å². The van der Waals surface area contributed by atoms with Crippen LogP contribution in [-0.4, -0.2) is 40.8 Å². The first-order valence-corrected chi connectivity index (χ1v) is 6.75. The van der Waals surface area contributed by atoms with Crippen LogP contribution in [0.15, 0.2) is 22.8 Å². The summed E-state index contributed by atoms with van der Waals surface area (Å²) in [6.45, 7) is 6.46. The Morgan fingerprint density at radius 3 is 2.57 bits per heavy atom. The summed E-state index contributed by atoms with van der Waals surface area (Å²) in [5, 5.41) is 8.84. The van der Waals surface area contributed by atoms with Crippen LogP contribution >= 0.6 is 0 Å². The minimum absolute atomic E-state index is 0.0829. The van der Waals surface area contributed by atoms with Gasteiger partial charge in [-0.15, -0.1) is 0 Å². The molecule has 1 aromatic rings. The quantitative estimate of drug-likeness (QED) is 0.906. The Bertz CT molecular complexity index is 579. The number of hydrogen-bond acceptors (Lipinski definition) is 4. The standard InChI is InChI=1S/C15H19NO5/c1-15(2,3)21-14(19)16-6-4-10(5-7-16)11-8-12(13(17)18)20-9-11/h4,8-9H,5-7H2,1-3H3,(H,17,18). The van der Waals surface area contributed by atoms with Crippen molar-refractivity contribution in [3.8, 4) is 0 Å². The summed E-state index contributed by atoms with van der Waals surface area (Å²) in [4.78, 5) is 24.3. The largest absolute Gasteiger partial charge is 0.475 e. The van der Waals surface area contributed by atoms with E-state index >= 15 is 0 Å². The highest BCUT2D eigenvalue weighted by Gasteiger charge is 2.24. The van der Waals surface area contributed by atoms with Gasteiger partial charge >= 0.3 is 12.1 Å². The third kappa shape index (κ3) is 3.87. The van der Waals surface area contributed by atoms with Crippen LogP contribution < -0.4 is 0 Å². The maximum absolute atomic E-state index is 11.9. The molecule has 6 heteroatoms. The highest BCUT2D eigenvalue weighted by molar-refractivity contribution is 5.86. The van der Waals surface area contributed by atoms with Crippen LogP contribution in [0.1, 0.15) is 43.3 Å². The SMILES string of the molecule is CC(C)(C)OC(=O)N1CC=C(c2coc(C(=O)O)c2)CC1. The Kier molecular flexibility index (Phi) is 4.06. The van der Waals surface area contributed by atoms with Crippen LogP contribution in [0, 0.1) is 0 Å². The van der Waals surface area contributed by atoms with Gasteiger partial charge in [0.1, 0.15) is 5.60 Å². The molecule has 0 saturated heterocycles. The Labute approximate surface area is 123 Å². The van der Waals surface area contributed by atoms with E-state index in [0.717, 1.165) is 11.1 Å². The summed E-state index contributed by atoms with van der Waals surface area (Å²) in [6.07, 6.45) is 3.62. The fourth-order valence-electron chi connectivity index (χ4n) is 2.04. The molecule has 0 unspecified atom stereocenters. The van der Waals surface area contributed by atoms with Gasteiger partial charge in [0, 0.05) is 18.7 Å². The molecule has 1 aliphatic rings. The topological polar surface area (TPSA) is 80.0 Å². The van der Waals surface area contributed by atoms with E-state index < -0.39 is 11.6 Å². The van der Waals surface area contributed by atoms with Crippen molar-refractivity contribution in [3.05, 3.63) is 29.7 Å². The van der Waals surface area contributed by atoms with E-state index in [1.165, 1.54) is 12.3 Å². The lowest BCUT2D eigenvalue weighted by Gasteiger charge is -2.29. The van der Waals surface area contributed by atoms with Crippen molar-refractivity contribution >= 4 is 17.6 Å². The van der Waals surface area contributed by atoms with Crippen molar-refractivity contribution in [2.45, 2.75) is 32.8 Å². The number of ether oxygens (including phenoxy) is 1. The van der Waals surface area contributed by atoms with Crippen LogP contribution in [0.3, 0.4) is 0 Å². The molecular formula is C15H19NO5. The first-order valence-electron chi connectivity index (χ1n) is 6.75. The van der Waals surface area contributed by atoms with Crippen LogP contribution in [0.5, 0.6) is 0 Å². The highest BCUT2D eigenvalue weighted by atomic mass is 16.6.